The minimum absolute atomic E-state index is 0. The normalized spacial score (nSPS) is 15.7. The first-order valence-corrected chi connectivity index (χ1v) is 27.6. The largest absolute Gasteiger partial charge is 0.795 e. The van der Waals surface area contributed by atoms with E-state index in [1.165, 1.54) is 0 Å². The van der Waals surface area contributed by atoms with Crippen LogP contribution in [0.25, 0.3) is 0 Å². The molecule has 2 N–H and O–H groups in total. The number of benzene rings is 8. The summed E-state index contributed by atoms with van der Waals surface area (Å²) in [5.41, 5.74) is 2.80. The van der Waals surface area contributed by atoms with Crippen LogP contribution in [0.2, 0.25) is 0 Å². The molecule has 1 radical (unpaired) electrons. The Morgan fingerprint density at radius 2 is 0.624 bits per heavy atom. The quantitative estimate of drug-likeness (QED) is 0.0685. The number of aliphatic imine (C=N–C) groups is 2. The Morgan fingerprint density at radius 1 is 0.388 bits per heavy atom. The number of alkyl halides is 9. The summed E-state index contributed by atoms with van der Waals surface area (Å²) in [4.78, 5) is 10.7. The SMILES string of the molecule is CC(C)(C)c1cc(C(c2ccccc2)(c2ccccc2)c2ccccc2)cc(C=N[C@@H]2CCCC[C@H]2N=Cc2cc(C(c3ccccc3)(c3ccccc3)c3ccccc3)cc(C(C)(C)C)c2O)c1O.[Co].[O-]C(F)(F)C(F)(C(F)(F)F)C(F)(F)F. The van der Waals surface area contributed by atoms with Crippen molar-refractivity contribution in [2.75, 3.05) is 0 Å². The summed E-state index contributed by atoms with van der Waals surface area (Å²) in [6, 6.07) is 72.8. The summed E-state index contributed by atoms with van der Waals surface area (Å²) < 4.78 is 103. The molecule has 0 aromatic heterocycles. The van der Waals surface area contributed by atoms with E-state index in [9.17, 15) is 54.8 Å². The monoisotopic (exact) mass is 1210 g/mol. The van der Waals surface area contributed by atoms with Crippen LogP contribution in [0.15, 0.2) is 216 Å². The van der Waals surface area contributed by atoms with Crippen molar-refractivity contribution in [2.24, 2.45) is 9.98 Å². The standard InChI is InChI=1S/C66H66N2O2.C4F9O.Co/c1-63(2,3)57-43-55(65(49-27-13-7-14-28-49,50-29-15-8-16-30-50)51-31-17-9-18-32-51)41-47(61(57)69)45-67-59-39-25-26-40-60(59)68-46-48-42-56(44-58(62(48)70)64(4,5)6)66(52-33-19-10-20-34-52,53-35-21-11-22-36-53)54-37-23-12-24-38-54;5-1(2(6,7)8,3(9,10)11)4(12,13)14;/h7-24,27-38,41-46,59-60,69-70H,25-26,39-40H2,1-6H3;;/q;-1;/t59-,60-;;/m1../s1. The van der Waals surface area contributed by atoms with E-state index in [-0.39, 0.29) is 51.2 Å². The molecule has 8 aromatic carbocycles. The fraction of sp³-hybridized carbons (Fsp3) is 0.286. The van der Waals surface area contributed by atoms with Crippen molar-refractivity contribution in [3.63, 3.8) is 0 Å². The number of hydrogen-bond acceptors (Lipinski definition) is 5. The molecule has 1 aliphatic rings. The second kappa shape index (κ2) is 25.6. The van der Waals surface area contributed by atoms with Crippen molar-refractivity contribution in [1.29, 1.82) is 0 Å². The predicted molar refractivity (Wildman–Crippen MR) is 312 cm³/mol. The number of phenolic OH excluding ortho intramolecular Hbond substituents is 2. The maximum absolute atomic E-state index is 12.3. The average Bonchev–Trinajstić information content (AvgIpc) is 2.54. The first-order chi connectivity index (χ1) is 39.6. The van der Waals surface area contributed by atoms with Crippen LogP contribution in [-0.4, -0.2) is 58.9 Å². The molecule has 447 valence electrons. The molecule has 5 nitrogen and oxygen atoms in total. The minimum Gasteiger partial charge on any atom is -0.795 e. The molecule has 9 rings (SSSR count). The van der Waals surface area contributed by atoms with Crippen LogP contribution in [0.5, 0.6) is 11.5 Å². The van der Waals surface area contributed by atoms with Crippen LogP contribution in [-0.2, 0) is 38.4 Å². The van der Waals surface area contributed by atoms with Gasteiger partial charge in [0, 0.05) is 51.5 Å². The average molecular weight is 1210 g/mol. The van der Waals surface area contributed by atoms with E-state index in [0.29, 0.717) is 11.1 Å². The molecule has 8 aromatic rings. The Morgan fingerprint density at radius 3 is 0.812 bits per heavy atom. The Balaban J connectivity index is 0.000000612. The van der Waals surface area contributed by atoms with Crippen LogP contribution in [0.3, 0.4) is 0 Å². The zero-order valence-corrected chi connectivity index (χ0v) is 48.7. The second-order valence-electron chi connectivity index (χ2n) is 23.3. The molecule has 0 unspecified atom stereocenters. The van der Waals surface area contributed by atoms with Crippen molar-refractivity contribution in [3.8, 4) is 11.5 Å². The van der Waals surface area contributed by atoms with Gasteiger partial charge in [-0.1, -0.05) is 236 Å². The van der Waals surface area contributed by atoms with Crippen LogP contribution in [0.1, 0.15) is 134 Å². The van der Waals surface area contributed by atoms with Crippen molar-refractivity contribution >= 4 is 12.4 Å². The molecule has 0 spiro atoms. The van der Waals surface area contributed by atoms with Crippen molar-refractivity contribution in [2.45, 2.75) is 125 Å². The van der Waals surface area contributed by atoms with Crippen molar-refractivity contribution in [1.82, 2.24) is 0 Å². The molecule has 0 heterocycles. The van der Waals surface area contributed by atoms with E-state index in [4.69, 9.17) is 9.98 Å². The topological polar surface area (TPSA) is 88.2 Å². The third-order valence-corrected chi connectivity index (χ3v) is 15.7. The number of phenols is 2. The Labute approximate surface area is 501 Å². The molecular formula is C70H66CoF9N2O3-. The van der Waals surface area contributed by atoms with Gasteiger partial charge in [0.2, 0.25) is 6.11 Å². The first-order valence-electron chi connectivity index (χ1n) is 27.6. The smallest absolute Gasteiger partial charge is 0.436 e. The van der Waals surface area contributed by atoms with E-state index in [0.717, 1.165) is 81.3 Å². The summed E-state index contributed by atoms with van der Waals surface area (Å²) in [6.45, 7) is 13.0. The van der Waals surface area contributed by atoms with Gasteiger partial charge in [-0.3, -0.25) is 9.98 Å². The van der Waals surface area contributed by atoms with Crippen LogP contribution in [0.4, 0.5) is 39.5 Å². The first kappa shape index (κ1) is 65.1. The summed E-state index contributed by atoms with van der Waals surface area (Å²) in [5, 5.41) is 33.8. The van der Waals surface area contributed by atoms with Crippen LogP contribution < -0.4 is 5.11 Å². The molecule has 1 aliphatic carbocycles. The number of rotatable bonds is 13. The molecule has 2 atom stereocenters. The zero-order chi connectivity index (χ0) is 60.9. The Kier molecular flexibility index (Phi) is 19.6. The fourth-order valence-corrected chi connectivity index (χ4v) is 11.5. The third-order valence-electron chi connectivity index (χ3n) is 15.7. The number of aromatic hydroxyl groups is 2. The molecule has 1 fully saturated rings. The van der Waals surface area contributed by atoms with Gasteiger partial charge < -0.3 is 15.3 Å². The molecule has 0 bridgehead atoms. The summed E-state index contributed by atoms with van der Waals surface area (Å²) in [7, 11) is 0. The maximum atomic E-state index is 12.3. The van der Waals surface area contributed by atoms with Gasteiger partial charge in [-0.05, 0) is 92.4 Å². The second-order valence-corrected chi connectivity index (χ2v) is 23.3. The van der Waals surface area contributed by atoms with Gasteiger partial charge in [0.15, 0.2) is 0 Å². The van der Waals surface area contributed by atoms with Gasteiger partial charge in [0.1, 0.15) is 11.5 Å². The van der Waals surface area contributed by atoms with Crippen LogP contribution >= 0.6 is 0 Å². The summed E-state index contributed by atoms with van der Waals surface area (Å²) in [6.07, 6.45) is -13.3. The molecule has 1 saturated carbocycles. The third kappa shape index (κ3) is 13.0. The van der Waals surface area contributed by atoms with E-state index in [1.54, 1.807) is 0 Å². The van der Waals surface area contributed by atoms with E-state index in [1.807, 2.05) is 12.4 Å². The van der Waals surface area contributed by atoms with E-state index >= 15 is 0 Å². The Bertz CT molecular complexity index is 3090. The van der Waals surface area contributed by atoms with Gasteiger partial charge in [-0.25, -0.2) is 13.2 Å². The molecule has 15 heteroatoms. The van der Waals surface area contributed by atoms with Gasteiger partial charge in [0.05, 0.1) is 22.9 Å². The van der Waals surface area contributed by atoms with Gasteiger partial charge in [-0.2, -0.15) is 26.3 Å². The number of hydrogen-bond donors (Lipinski definition) is 2. The van der Waals surface area contributed by atoms with Crippen molar-refractivity contribution < 1.29 is 71.6 Å². The maximum Gasteiger partial charge on any atom is 0.436 e. The molecule has 85 heavy (non-hydrogen) atoms. The van der Waals surface area contributed by atoms with E-state index < -0.39 is 35.0 Å². The van der Waals surface area contributed by atoms with Gasteiger partial charge in [-0.15, -0.1) is 0 Å². The Hall–Kier alpha value is -7.46. The molecule has 0 saturated heterocycles. The van der Waals surface area contributed by atoms with Crippen LogP contribution in [0, 0.1) is 0 Å². The predicted octanol–water partition coefficient (Wildman–Crippen LogP) is 17.1. The number of nitrogens with zero attached hydrogens (tertiary/aromatic N) is 2. The summed E-state index contributed by atoms with van der Waals surface area (Å²) in [5.74, 6) is 0.489. The molecule has 0 aliphatic heterocycles. The van der Waals surface area contributed by atoms with E-state index in [2.05, 4.69) is 248 Å². The van der Waals surface area contributed by atoms with Crippen molar-refractivity contribution in [3.05, 3.63) is 273 Å². The number of halogens is 9. The molecule has 0 amide bonds. The summed E-state index contributed by atoms with van der Waals surface area (Å²) >= 11 is 0. The zero-order valence-electron chi connectivity index (χ0n) is 47.7. The minimum atomic E-state index is -7.08. The molecular weight excluding hydrogens is 1150 g/mol. The fourth-order valence-electron chi connectivity index (χ4n) is 11.5. The van der Waals surface area contributed by atoms with Gasteiger partial charge >= 0.3 is 18.0 Å². The van der Waals surface area contributed by atoms with Gasteiger partial charge in [0.25, 0.3) is 0 Å².